The Kier molecular flexibility index (Phi) is 6.25. The van der Waals surface area contributed by atoms with Crippen LogP contribution in [0, 0.1) is 0 Å². The van der Waals surface area contributed by atoms with Crippen LogP contribution >= 0.6 is 0 Å². The molecule has 2 amide bonds. The Morgan fingerprint density at radius 2 is 1.80 bits per heavy atom. The number of para-hydroxylation sites is 1. The van der Waals surface area contributed by atoms with Crippen LogP contribution in [0.1, 0.15) is 23.2 Å². The van der Waals surface area contributed by atoms with Crippen molar-refractivity contribution in [3.63, 3.8) is 0 Å². The van der Waals surface area contributed by atoms with Crippen molar-refractivity contribution in [3.05, 3.63) is 72.3 Å². The molecule has 154 valence electrons. The molecule has 1 aliphatic rings. The highest BCUT2D eigenvalue weighted by Crippen LogP contribution is 2.25. The first kappa shape index (κ1) is 19.9. The number of amides is 2. The summed E-state index contributed by atoms with van der Waals surface area (Å²) in [6, 6.07) is 20.5. The van der Waals surface area contributed by atoms with E-state index in [1.54, 1.807) is 24.3 Å². The second kappa shape index (κ2) is 9.41. The second-order valence-corrected chi connectivity index (χ2v) is 7.20. The SMILES string of the molecule is O=C(COc1cccc2ccccc12)Nc1ccccc1C(=O)NC[C@H]1CCCO1. The van der Waals surface area contributed by atoms with E-state index >= 15 is 0 Å². The average molecular weight is 404 g/mol. The first-order chi connectivity index (χ1) is 14.7. The van der Waals surface area contributed by atoms with Gasteiger partial charge in [0.25, 0.3) is 11.8 Å². The van der Waals surface area contributed by atoms with Gasteiger partial charge in [0.15, 0.2) is 6.61 Å². The van der Waals surface area contributed by atoms with Crippen molar-refractivity contribution < 1.29 is 19.1 Å². The summed E-state index contributed by atoms with van der Waals surface area (Å²) < 4.78 is 11.3. The number of hydrogen-bond donors (Lipinski definition) is 2. The number of ether oxygens (including phenoxy) is 2. The van der Waals surface area contributed by atoms with E-state index in [1.807, 2.05) is 42.5 Å². The molecule has 1 atom stereocenters. The van der Waals surface area contributed by atoms with Gasteiger partial charge in [0.2, 0.25) is 0 Å². The van der Waals surface area contributed by atoms with Crippen molar-refractivity contribution in [3.8, 4) is 5.75 Å². The van der Waals surface area contributed by atoms with Crippen LogP contribution in [0.3, 0.4) is 0 Å². The van der Waals surface area contributed by atoms with Gasteiger partial charge in [-0.2, -0.15) is 0 Å². The average Bonchev–Trinajstić information content (AvgIpc) is 3.30. The first-order valence-electron chi connectivity index (χ1n) is 10.1. The van der Waals surface area contributed by atoms with Crippen molar-refractivity contribution in [2.45, 2.75) is 18.9 Å². The number of carbonyl (C=O) groups excluding carboxylic acids is 2. The zero-order valence-corrected chi connectivity index (χ0v) is 16.6. The third kappa shape index (κ3) is 4.78. The zero-order chi connectivity index (χ0) is 20.8. The summed E-state index contributed by atoms with van der Waals surface area (Å²) in [5.74, 6) is 0.0736. The molecule has 1 heterocycles. The van der Waals surface area contributed by atoms with Gasteiger partial charge in [0.05, 0.1) is 17.4 Å². The van der Waals surface area contributed by atoms with Crippen molar-refractivity contribution in [1.82, 2.24) is 5.32 Å². The fourth-order valence-corrected chi connectivity index (χ4v) is 3.55. The predicted molar refractivity (Wildman–Crippen MR) is 116 cm³/mol. The number of nitrogens with one attached hydrogen (secondary N) is 2. The third-order valence-electron chi connectivity index (χ3n) is 5.07. The van der Waals surface area contributed by atoms with E-state index in [4.69, 9.17) is 9.47 Å². The second-order valence-electron chi connectivity index (χ2n) is 7.20. The number of anilines is 1. The molecule has 4 rings (SSSR count). The number of rotatable bonds is 7. The highest BCUT2D eigenvalue weighted by atomic mass is 16.5. The largest absolute Gasteiger partial charge is 0.483 e. The number of hydrogen-bond acceptors (Lipinski definition) is 4. The van der Waals surface area contributed by atoms with Crippen LogP contribution in [0.5, 0.6) is 5.75 Å². The molecule has 3 aromatic carbocycles. The molecule has 3 aromatic rings. The molecule has 0 spiro atoms. The van der Waals surface area contributed by atoms with E-state index in [0.717, 1.165) is 30.2 Å². The fraction of sp³-hybridized carbons (Fsp3) is 0.250. The third-order valence-corrected chi connectivity index (χ3v) is 5.07. The van der Waals surface area contributed by atoms with Gasteiger partial charge >= 0.3 is 0 Å². The summed E-state index contributed by atoms with van der Waals surface area (Å²) in [6.07, 6.45) is 2.03. The maximum Gasteiger partial charge on any atom is 0.262 e. The van der Waals surface area contributed by atoms with Crippen LogP contribution in [-0.4, -0.2) is 37.7 Å². The Hall–Kier alpha value is -3.38. The van der Waals surface area contributed by atoms with Crippen LogP contribution in [0.4, 0.5) is 5.69 Å². The van der Waals surface area contributed by atoms with Gasteiger partial charge in [-0.25, -0.2) is 0 Å². The van der Waals surface area contributed by atoms with E-state index in [1.165, 1.54) is 0 Å². The monoisotopic (exact) mass is 404 g/mol. The van der Waals surface area contributed by atoms with E-state index in [9.17, 15) is 9.59 Å². The minimum atomic E-state index is -0.331. The molecule has 0 unspecified atom stereocenters. The highest BCUT2D eigenvalue weighted by molar-refractivity contribution is 6.04. The Labute approximate surface area is 175 Å². The van der Waals surface area contributed by atoms with Crippen LogP contribution in [-0.2, 0) is 9.53 Å². The lowest BCUT2D eigenvalue weighted by Gasteiger charge is -2.14. The number of carbonyl (C=O) groups is 2. The van der Waals surface area contributed by atoms with Crippen molar-refractivity contribution in [2.24, 2.45) is 0 Å². The van der Waals surface area contributed by atoms with Crippen molar-refractivity contribution >= 4 is 28.3 Å². The fourth-order valence-electron chi connectivity index (χ4n) is 3.55. The van der Waals surface area contributed by atoms with Gasteiger partial charge < -0.3 is 20.1 Å². The van der Waals surface area contributed by atoms with Gasteiger partial charge in [-0.15, -0.1) is 0 Å². The molecule has 1 aliphatic heterocycles. The Morgan fingerprint density at radius 1 is 1.00 bits per heavy atom. The maximum absolute atomic E-state index is 12.6. The first-order valence-corrected chi connectivity index (χ1v) is 10.1. The minimum Gasteiger partial charge on any atom is -0.483 e. The highest BCUT2D eigenvalue weighted by Gasteiger charge is 2.18. The van der Waals surface area contributed by atoms with Gasteiger partial charge in [0.1, 0.15) is 5.75 Å². The summed E-state index contributed by atoms with van der Waals surface area (Å²) in [5, 5.41) is 7.66. The van der Waals surface area contributed by atoms with E-state index < -0.39 is 0 Å². The van der Waals surface area contributed by atoms with Crippen molar-refractivity contribution in [1.29, 1.82) is 0 Å². The predicted octanol–water partition coefficient (Wildman–Crippen LogP) is 3.77. The lowest BCUT2D eigenvalue weighted by molar-refractivity contribution is -0.118. The summed E-state index contributed by atoms with van der Waals surface area (Å²) in [5.41, 5.74) is 0.864. The quantitative estimate of drug-likeness (QED) is 0.629. The van der Waals surface area contributed by atoms with E-state index in [-0.39, 0.29) is 24.5 Å². The lowest BCUT2D eigenvalue weighted by Crippen LogP contribution is -2.32. The summed E-state index contributed by atoms with van der Waals surface area (Å²) in [7, 11) is 0. The Morgan fingerprint density at radius 3 is 2.67 bits per heavy atom. The molecule has 0 saturated carbocycles. The Bertz CT molecular complexity index is 1040. The zero-order valence-electron chi connectivity index (χ0n) is 16.6. The number of benzene rings is 3. The maximum atomic E-state index is 12.6. The summed E-state index contributed by atoms with van der Waals surface area (Å²) in [6.45, 7) is 1.05. The van der Waals surface area contributed by atoms with Crippen LogP contribution in [0.15, 0.2) is 66.7 Å². The molecule has 30 heavy (non-hydrogen) atoms. The molecule has 0 radical (unpaired) electrons. The van der Waals surface area contributed by atoms with Gasteiger partial charge in [0, 0.05) is 18.5 Å². The molecular weight excluding hydrogens is 380 g/mol. The molecule has 6 heteroatoms. The molecular formula is C24H24N2O4. The summed E-state index contributed by atoms with van der Waals surface area (Å²) >= 11 is 0. The normalized spacial score (nSPS) is 15.7. The van der Waals surface area contributed by atoms with Crippen LogP contribution < -0.4 is 15.4 Å². The molecule has 1 saturated heterocycles. The minimum absolute atomic E-state index is 0.0600. The molecule has 0 aliphatic carbocycles. The van der Waals surface area contributed by atoms with E-state index in [2.05, 4.69) is 10.6 Å². The van der Waals surface area contributed by atoms with Gasteiger partial charge in [-0.05, 0) is 36.4 Å². The number of fused-ring (bicyclic) bond motifs is 1. The topological polar surface area (TPSA) is 76.7 Å². The van der Waals surface area contributed by atoms with Gasteiger partial charge in [-0.1, -0.05) is 48.5 Å². The Balaban J connectivity index is 1.37. The molecule has 6 nitrogen and oxygen atoms in total. The molecule has 0 bridgehead atoms. The summed E-state index contributed by atoms with van der Waals surface area (Å²) in [4.78, 5) is 25.1. The van der Waals surface area contributed by atoms with E-state index in [0.29, 0.717) is 23.5 Å². The standard InChI is InChI=1S/C24H24N2O4/c27-23(16-30-22-13-5-8-17-7-1-2-10-19(17)22)26-21-12-4-3-11-20(21)24(28)25-15-18-9-6-14-29-18/h1-5,7-8,10-13,18H,6,9,14-16H2,(H,25,28)(H,26,27)/t18-/m1/s1. The molecule has 1 fully saturated rings. The van der Waals surface area contributed by atoms with Crippen LogP contribution in [0.2, 0.25) is 0 Å². The molecule has 2 N–H and O–H groups in total. The van der Waals surface area contributed by atoms with Crippen LogP contribution in [0.25, 0.3) is 10.8 Å². The smallest absolute Gasteiger partial charge is 0.262 e. The van der Waals surface area contributed by atoms with Crippen molar-refractivity contribution in [2.75, 3.05) is 25.1 Å². The lowest BCUT2D eigenvalue weighted by atomic mass is 10.1. The molecule has 0 aromatic heterocycles. The van der Waals surface area contributed by atoms with Gasteiger partial charge in [-0.3, -0.25) is 9.59 Å².